The maximum Gasteiger partial charge on any atom is 0.248 e. The monoisotopic (exact) mass is 282 g/mol. The largest absolute Gasteiger partial charge is 0.366 e. The first-order chi connectivity index (χ1) is 10.2. The zero-order valence-corrected chi connectivity index (χ0v) is 11.7. The second-order valence-corrected chi connectivity index (χ2v) is 5.42. The maximum absolute atomic E-state index is 11.2. The Morgan fingerprint density at radius 2 is 2.19 bits per heavy atom. The van der Waals surface area contributed by atoms with Crippen molar-refractivity contribution in [3.05, 3.63) is 47.7 Å². The van der Waals surface area contributed by atoms with E-state index in [1.54, 1.807) is 18.2 Å². The Labute approximate surface area is 123 Å². The number of hydrogen-bond donors (Lipinski definition) is 2. The number of hydrogen-bond acceptors (Lipinski definition) is 4. The van der Waals surface area contributed by atoms with Crippen molar-refractivity contribution >= 4 is 5.91 Å². The van der Waals surface area contributed by atoms with Gasteiger partial charge in [-0.05, 0) is 56.1 Å². The fraction of sp³-hybridized carbons (Fsp3) is 0.312. The number of nitrogens with zero attached hydrogens (tertiary/aromatic N) is 2. The molecule has 21 heavy (non-hydrogen) atoms. The predicted octanol–water partition coefficient (Wildman–Crippen LogP) is 1.39. The fourth-order valence-electron chi connectivity index (χ4n) is 2.64. The fourth-order valence-corrected chi connectivity index (χ4v) is 2.64. The Balaban J connectivity index is 1.77. The molecule has 5 heteroatoms. The molecule has 0 spiro atoms. The first-order valence-electron chi connectivity index (χ1n) is 7.16. The van der Waals surface area contributed by atoms with Crippen LogP contribution in [0, 0.1) is 5.92 Å². The molecule has 1 amide bonds. The molecule has 2 heterocycles. The van der Waals surface area contributed by atoms with Crippen LogP contribution in [0.2, 0.25) is 0 Å². The third-order valence-electron chi connectivity index (χ3n) is 3.82. The summed E-state index contributed by atoms with van der Waals surface area (Å²) in [5, 5.41) is 11.9. The van der Waals surface area contributed by atoms with Crippen LogP contribution < -0.4 is 11.1 Å². The molecule has 1 aliphatic rings. The van der Waals surface area contributed by atoms with Crippen LogP contribution in [0.25, 0.3) is 11.3 Å². The van der Waals surface area contributed by atoms with E-state index in [0.717, 1.165) is 36.5 Å². The lowest BCUT2D eigenvalue weighted by atomic mass is 10.0. The smallest absolute Gasteiger partial charge is 0.248 e. The summed E-state index contributed by atoms with van der Waals surface area (Å²) in [4.78, 5) is 11.2. The number of primary amides is 1. The summed E-state index contributed by atoms with van der Waals surface area (Å²) in [6.45, 7) is 2.15. The Morgan fingerprint density at radius 1 is 1.29 bits per heavy atom. The summed E-state index contributed by atoms with van der Waals surface area (Å²) < 4.78 is 0. The van der Waals surface area contributed by atoms with Crippen molar-refractivity contribution in [2.75, 3.05) is 13.1 Å². The molecule has 1 fully saturated rings. The van der Waals surface area contributed by atoms with Crippen LogP contribution in [0.3, 0.4) is 0 Å². The summed E-state index contributed by atoms with van der Waals surface area (Å²) in [6.07, 6.45) is 2.16. The van der Waals surface area contributed by atoms with Crippen molar-refractivity contribution in [3.8, 4) is 11.3 Å². The molecule has 0 radical (unpaired) electrons. The topological polar surface area (TPSA) is 80.9 Å². The molecule has 1 aromatic heterocycles. The van der Waals surface area contributed by atoms with Crippen LogP contribution in [0.4, 0.5) is 0 Å². The van der Waals surface area contributed by atoms with E-state index in [-0.39, 0.29) is 0 Å². The molecule has 1 unspecified atom stereocenters. The van der Waals surface area contributed by atoms with Gasteiger partial charge in [0.1, 0.15) is 0 Å². The average molecular weight is 282 g/mol. The number of aromatic nitrogens is 2. The number of carbonyl (C=O) groups is 1. The molecule has 1 aromatic carbocycles. The SMILES string of the molecule is NC(=O)c1cccc(-c2ccc(CC3CCNC3)nn2)c1. The van der Waals surface area contributed by atoms with Crippen LogP contribution in [0.15, 0.2) is 36.4 Å². The Hall–Kier alpha value is -2.27. The van der Waals surface area contributed by atoms with Gasteiger partial charge < -0.3 is 11.1 Å². The minimum atomic E-state index is -0.435. The highest BCUT2D eigenvalue weighted by Gasteiger charge is 2.15. The maximum atomic E-state index is 11.2. The number of nitrogens with two attached hydrogens (primary N) is 1. The van der Waals surface area contributed by atoms with Crippen LogP contribution >= 0.6 is 0 Å². The number of rotatable bonds is 4. The van der Waals surface area contributed by atoms with Crippen molar-refractivity contribution in [1.29, 1.82) is 0 Å². The van der Waals surface area contributed by atoms with Crippen molar-refractivity contribution in [3.63, 3.8) is 0 Å². The molecule has 0 bridgehead atoms. The van der Waals surface area contributed by atoms with Gasteiger partial charge in [0.2, 0.25) is 5.91 Å². The lowest BCUT2D eigenvalue weighted by Crippen LogP contribution is -2.12. The van der Waals surface area contributed by atoms with Crippen molar-refractivity contribution in [2.24, 2.45) is 11.7 Å². The van der Waals surface area contributed by atoms with E-state index >= 15 is 0 Å². The van der Waals surface area contributed by atoms with Crippen LogP contribution in [0.5, 0.6) is 0 Å². The first-order valence-corrected chi connectivity index (χ1v) is 7.16. The van der Waals surface area contributed by atoms with E-state index in [0.29, 0.717) is 11.5 Å². The lowest BCUT2D eigenvalue weighted by molar-refractivity contribution is 0.100. The van der Waals surface area contributed by atoms with E-state index < -0.39 is 5.91 Å². The van der Waals surface area contributed by atoms with Gasteiger partial charge in [0.15, 0.2) is 0 Å². The van der Waals surface area contributed by atoms with Gasteiger partial charge in [-0.15, -0.1) is 0 Å². The normalized spacial score (nSPS) is 17.8. The molecule has 0 saturated carbocycles. The molecule has 2 aromatic rings. The van der Waals surface area contributed by atoms with Gasteiger partial charge in [-0.3, -0.25) is 4.79 Å². The lowest BCUT2D eigenvalue weighted by Gasteiger charge is -2.07. The van der Waals surface area contributed by atoms with E-state index in [2.05, 4.69) is 15.5 Å². The predicted molar refractivity (Wildman–Crippen MR) is 80.7 cm³/mol. The summed E-state index contributed by atoms with van der Waals surface area (Å²) in [7, 11) is 0. The molecular weight excluding hydrogens is 264 g/mol. The third-order valence-corrected chi connectivity index (χ3v) is 3.82. The summed E-state index contributed by atoms with van der Waals surface area (Å²) in [5.74, 6) is 0.221. The molecule has 3 N–H and O–H groups in total. The van der Waals surface area contributed by atoms with E-state index in [9.17, 15) is 4.79 Å². The first kappa shape index (κ1) is 13.7. The standard InChI is InChI=1S/C16H18N4O/c17-16(21)13-3-1-2-12(9-13)15-5-4-14(19-20-15)8-11-6-7-18-10-11/h1-5,9,11,18H,6-8,10H2,(H2,17,21). The van der Waals surface area contributed by atoms with Crippen LogP contribution in [0.1, 0.15) is 22.5 Å². The second-order valence-electron chi connectivity index (χ2n) is 5.42. The number of carbonyl (C=O) groups excluding carboxylic acids is 1. The van der Waals surface area contributed by atoms with Crippen molar-refractivity contribution < 1.29 is 4.79 Å². The highest BCUT2D eigenvalue weighted by Crippen LogP contribution is 2.19. The molecule has 0 aliphatic carbocycles. The Morgan fingerprint density at radius 3 is 2.86 bits per heavy atom. The Bertz CT molecular complexity index is 633. The van der Waals surface area contributed by atoms with Gasteiger partial charge in [0.05, 0.1) is 11.4 Å². The van der Waals surface area contributed by atoms with Gasteiger partial charge in [0.25, 0.3) is 0 Å². The van der Waals surface area contributed by atoms with E-state index in [4.69, 9.17) is 5.73 Å². The number of nitrogens with one attached hydrogen (secondary N) is 1. The third kappa shape index (κ3) is 3.25. The van der Waals surface area contributed by atoms with Crippen LogP contribution in [-0.4, -0.2) is 29.2 Å². The second kappa shape index (κ2) is 6.01. The van der Waals surface area contributed by atoms with Gasteiger partial charge in [-0.2, -0.15) is 10.2 Å². The molecular formula is C16H18N4O. The molecule has 1 atom stereocenters. The number of benzene rings is 1. The highest BCUT2D eigenvalue weighted by atomic mass is 16.1. The molecule has 5 nitrogen and oxygen atoms in total. The minimum Gasteiger partial charge on any atom is -0.366 e. The van der Waals surface area contributed by atoms with E-state index in [1.165, 1.54) is 6.42 Å². The quantitative estimate of drug-likeness (QED) is 0.888. The molecule has 1 saturated heterocycles. The van der Waals surface area contributed by atoms with Gasteiger partial charge in [-0.25, -0.2) is 0 Å². The molecule has 1 aliphatic heterocycles. The summed E-state index contributed by atoms with van der Waals surface area (Å²) >= 11 is 0. The van der Waals surface area contributed by atoms with E-state index in [1.807, 2.05) is 18.2 Å². The van der Waals surface area contributed by atoms with Gasteiger partial charge in [-0.1, -0.05) is 12.1 Å². The molecule has 3 rings (SSSR count). The van der Waals surface area contributed by atoms with Crippen molar-refractivity contribution in [1.82, 2.24) is 15.5 Å². The van der Waals surface area contributed by atoms with Gasteiger partial charge in [0, 0.05) is 11.1 Å². The minimum absolute atomic E-state index is 0.435. The highest BCUT2D eigenvalue weighted by molar-refractivity contribution is 5.93. The number of amides is 1. The average Bonchev–Trinajstić information content (AvgIpc) is 3.01. The summed E-state index contributed by atoms with van der Waals surface area (Å²) in [5.41, 5.74) is 8.40. The Kier molecular flexibility index (Phi) is 3.92. The summed E-state index contributed by atoms with van der Waals surface area (Å²) in [6, 6.07) is 11.1. The molecule has 108 valence electrons. The zero-order valence-electron chi connectivity index (χ0n) is 11.7. The van der Waals surface area contributed by atoms with Crippen LogP contribution in [-0.2, 0) is 6.42 Å². The van der Waals surface area contributed by atoms with Crippen molar-refractivity contribution in [2.45, 2.75) is 12.8 Å². The van der Waals surface area contributed by atoms with Gasteiger partial charge >= 0.3 is 0 Å². The zero-order chi connectivity index (χ0) is 14.7.